The number of nitrogens with zero attached hydrogens (tertiary/aromatic N) is 1. The molecule has 32 heavy (non-hydrogen) atoms. The van der Waals surface area contributed by atoms with Crippen LogP contribution >= 0.6 is 8.07 Å². The lowest BCUT2D eigenvalue weighted by Gasteiger charge is -2.37. The SMILES string of the molecule is COc1cc(OC)c([P@](c2ccccc2)N(C)[C@H](C)[C@@H](O)c2ccccc2)c(OC)c1.[B]. The first kappa shape index (κ1) is 25.7. The molecule has 0 aliphatic heterocycles. The van der Waals surface area contributed by atoms with Gasteiger partial charge in [-0.3, -0.25) is 4.67 Å². The maximum atomic E-state index is 11.1. The van der Waals surface area contributed by atoms with E-state index in [4.69, 9.17) is 14.2 Å². The van der Waals surface area contributed by atoms with E-state index < -0.39 is 14.2 Å². The molecule has 0 saturated carbocycles. The van der Waals surface area contributed by atoms with Crippen molar-refractivity contribution >= 4 is 27.1 Å². The highest BCUT2D eigenvalue weighted by molar-refractivity contribution is 7.71. The predicted molar refractivity (Wildman–Crippen MR) is 133 cm³/mol. The van der Waals surface area contributed by atoms with Gasteiger partial charge in [0.15, 0.2) is 0 Å². The van der Waals surface area contributed by atoms with Crippen LogP contribution in [0.2, 0.25) is 0 Å². The van der Waals surface area contributed by atoms with Crippen LogP contribution in [0.3, 0.4) is 0 Å². The highest BCUT2D eigenvalue weighted by Crippen LogP contribution is 2.47. The molecule has 0 aromatic heterocycles. The minimum absolute atomic E-state index is 0. The first-order valence-electron chi connectivity index (χ1n) is 10.1. The van der Waals surface area contributed by atoms with Crippen LogP contribution in [0.1, 0.15) is 18.6 Å². The summed E-state index contributed by atoms with van der Waals surface area (Å²) in [6.07, 6.45) is -0.643. The minimum atomic E-state index is -1.08. The average Bonchev–Trinajstić information content (AvgIpc) is 2.84. The number of methoxy groups -OCH3 is 3. The second-order valence-electron chi connectivity index (χ2n) is 7.20. The molecule has 0 aliphatic carbocycles. The summed E-state index contributed by atoms with van der Waals surface area (Å²) in [5.41, 5.74) is 0.888. The van der Waals surface area contributed by atoms with Crippen LogP contribution in [-0.4, -0.2) is 52.6 Å². The highest BCUT2D eigenvalue weighted by Gasteiger charge is 2.32. The van der Waals surface area contributed by atoms with Crippen molar-refractivity contribution in [2.45, 2.75) is 19.1 Å². The Bertz CT molecular complexity index is 949. The Kier molecular flexibility index (Phi) is 9.58. The third kappa shape index (κ3) is 5.44. The van der Waals surface area contributed by atoms with Gasteiger partial charge in [0.2, 0.25) is 0 Å². The average molecular weight is 450 g/mol. The molecule has 7 heteroatoms. The molecule has 0 unspecified atom stereocenters. The molecule has 0 bridgehead atoms. The number of rotatable bonds is 9. The molecule has 3 atom stereocenters. The Morgan fingerprint density at radius 3 is 1.78 bits per heavy atom. The number of benzene rings is 3. The van der Waals surface area contributed by atoms with Crippen molar-refractivity contribution in [1.29, 1.82) is 0 Å². The van der Waals surface area contributed by atoms with E-state index in [9.17, 15) is 5.11 Å². The van der Waals surface area contributed by atoms with Crippen molar-refractivity contribution in [2.75, 3.05) is 28.4 Å². The van der Waals surface area contributed by atoms with Crippen LogP contribution in [-0.2, 0) is 0 Å². The lowest BCUT2D eigenvalue weighted by Crippen LogP contribution is -2.36. The number of hydrogen-bond donors (Lipinski definition) is 1. The smallest absolute Gasteiger partial charge is 0.135 e. The molecular weight excluding hydrogens is 420 g/mol. The second kappa shape index (κ2) is 11.9. The summed E-state index contributed by atoms with van der Waals surface area (Å²) < 4.78 is 19.2. The molecule has 3 aromatic rings. The normalized spacial score (nSPS) is 13.6. The first-order chi connectivity index (χ1) is 15.0. The molecule has 0 spiro atoms. The van der Waals surface area contributed by atoms with Crippen LogP contribution in [0.5, 0.6) is 17.2 Å². The molecule has 3 aromatic carbocycles. The lowest BCUT2D eigenvalue weighted by molar-refractivity contribution is 0.110. The first-order valence-corrected chi connectivity index (χ1v) is 11.4. The van der Waals surface area contributed by atoms with Crippen LogP contribution < -0.4 is 24.8 Å². The molecule has 3 radical (unpaired) electrons. The van der Waals surface area contributed by atoms with Crippen molar-refractivity contribution in [3.63, 3.8) is 0 Å². The largest absolute Gasteiger partial charge is 0.496 e. The highest BCUT2D eigenvalue weighted by atomic mass is 31.1. The summed E-state index contributed by atoms with van der Waals surface area (Å²) in [6, 6.07) is 23.6. The van der Waals surface area contributed by atoms with Crippen LogP contribution in [0.15, 0.2) is 72.8 Å². The number of aliphatic hydroxyl groups excluding tert-OH is 1. The molecule has 167 valence electrons. The van der Waals surface area contributed by atoms with Crippen molar-refractivity contribution in [1.82, 2.24) is 4.67 Å². The molecule has 1 N–H and O–H groups in total. The summed E-state index contributed by atoms with van der Waals surface area (Å²) in [5.74, 6) is 2.05. The Balaban J connectivity index is 0.00000363. The zero-order valence-electron chi connectivity index (χ0n) is 19.2. The van der Waals surface area contributed by atoms with Gasteiger partial charge < -0.3 is 19.3 Å². The summed E-state index contributed by atoms with van der Waals surface area (Å²) in [4.78, 5) is 0. The number of hydrogen-bond acceptors (Lipinski definition) is 5. The number of ether oxygens (including phenoxy) is 3. The molecule has 0 amide bonds. The maximum Gasteiger partial charge on any atom is 0.135 e. The third-order valence-electron chi connectivity index (χ3n) is 5.40. The topological polar surface area (TPSA) is 51.2 Å². The molecule has 0 heterocycles. The van der Waals surface area contributed by atoms with E-state index in [1.165, 1.54) is 0 Å². The Hall–Kier alpha value is -2.53. The number of likely N-dealkylation sites (N-methyl/N-ethyl adjacent to an activating group) is 1. The van der Waals surface area contributed by atoms with Crippen molar-refractivity contribution in [3.05, 3.63) is 78.4 Å². The number of aliphatic hydroxyl groups is 1. The van der Waals surface area contributed by atoms with Crippen molar-refractivity contribution in [2.24, 2.45) is 0 Å². The Morgan fingerprint density at radius 2 is 1.31 bits per heavy atom. The van der Waals surface area contributed by atoms with E-state index in [0.717, 1.165) is 16.2 Å². The standard InChI is InChI=1S/C25H30NO4P.B/c1-18(24(27)19-12-8-6-9-13-19)26(2)31(21-14-10-7-11-15-21)25-22(29-4)16-20(28-3)17-23(25)30-5;/h6-18,24,27H,1-5H3;/t18-,24-,31+;/m1./s1. The zero-order chi connectivity index (χ0) is 22.4. The molecule has 0 saturated heterocycles. The predicted octanol–water partition coefficient (Wildman–Crippen LogP) is 3.73. The molecule has 5 nitrogen and oxygen atoms in total. The summed E-state index contributed by atoms with van der Waals surface area (Å²) in [6.45, 7) is 2.04. The summed E-state index contributed by atoms with van der Waals surface area (Å²) in [7, 11) is 5.89. The molecule has 0 aliphatic rings. The fourth-order valence-corrected chi connectivity index (χ4v) is 6.16. The van der Waals surface area contributed by atoms with Crippen LogP contribution in [0.25, 0.3) is 0 Å². The van der Waals surface area contributed by atoms with Gasteiger partial charge in [-0.05, 0) is 24.8 Å². The van der Waals surface area contributed by atoms with Gasteiger partial charge >= 0.3 is 0 Å². The van der Waals surface area contributed by atoms with E-state index in [1.807, 2.05) is 74.6 Å². The van der Waals surface area contributed by atoms with E-state index in [0.29, 0.717) is 17.2 Å². The zero-order valence-corrected chi connectivity index (χ0v) is 20.1. The van der Waals surface area contributed by atoms with Gasteiger partial charge in [-0.1, -0.05) is 60.7 Å². The van der Waals surface area contributed by atoms with Crippen LogP contribution in [0, 0.1) is 0 Å². The molecule has 3 rings (SSSR count). The van der Waals surface area contributed by atoms with E-state index >= 15 is 0 Å². The van der Waals surface area contributed by atoms with Gasteiger partial charge in [-0.25, -0.2) is 0 Å². The van der Waals surface area contributed by atoms with E-state index in [-0.39, 0.29) is 14.5 Å². The summed E-state index contributed by atoms with van der Waals surface area (Å²) in [5, 5.41) is 13.2. The van der Waals surface area contributed by atoms with Gasteiger partial charge in [0.25, 0.3) is 0 Å². The summed E-state index contributed by atoms with van der Waals surface area (Å²) >= 11 is 0. The van der Waals surface area contributed by atoms with Gasteiger partial charge in [-0.15, -0.1) is 0 Å². The quantitative estimate of drug-likeness (QED) is 0.398. The van der Waals surface area contributed by atoms with Gasteiger partial charge in [0.1, 0.15) is 17.2 Å². The Morgan fingerprint density at radius 1 is 0.812 bits per heavy atom. The maximum absolute atomic E-state index is 11.1. The second-order valence-corrected chi connectivity index (χ2v) is 9.42. The van der Waals surface area contributed by atoms with Gasteiger partial charge in [-0.2, -0.15) is 0 Å². The fraction of sp³-hybridized carbons (Fsp3) is 0.280. The van der Waals surface area contributed by atoms with Gasteiger partial charge in [0, 0.05) is 34.7 Å². The Labute approximate surface area is 194 Å². The van der Waals surface area contributed by atoms with Crippen molar-refractivity contribution < 1.29 is 19.3 Å². The van der Waals surface area contributed by atoms with E-state index in [1.54, 1.807) is 21.3 Å². The molecular formula is C25H30BNO4P. The van der Waals surface area contributed by atoms with E-state index in [2.05, 4.69) is 16.8 Å². The fourth-order valence-electron chi connectivity index (χ4n) is 3.55. The minimum Gasteiger partial charge on any atom is -0.496 e. The monoisotopic (exact) mass is 450 g/mol. The lowest BCUT2D eigenvalue weighted by atomic mass is 10.0. The molecule has 0 fully saturated rings. The van der Waals surface area contributed by atoms with Crippen LogP contribution in [0.4, 0.5) is 0 Å². The third-order valence-corrected chi connectivity index (χ3v) is 8.05. The van der Waals surface area contributed by atoms with Crippen molar-refractivity contribution in [3.8, 4) is 17.2 Å². The van der Waals surface area contributed by atoms with Gasteiger partial charge in [0.05, 0.1) is 32.7 Å².